The Hall–Kier alpha value is -0.750. The molecule has 1 aliphatic rings. The highest BCUT2D eigenvalue weighted by Crippen LogP contribution is 2.12. The molecular formula is C11H20N2O3S. The van der Waals surface area contributed by atoms with E-state index in [-0.39, 0.29) is 17.9 Å². The Morgan fingerprint density at radius 3 is 2.82 bits per heavy atom. The van der Waals surface area contributed by atoms with Crippen molar-refractivity contribution in [3.63, 3.8) is 0 Å². The predicted molar refractivity (Wildman–Crippen MR) is 67.7 cm³/mol. The second-order valence-electron chi connectivity index (χ2n) is 3.95. The van der Waals surface area contributed by atoms with E-state index in [4.69, 9.17) is 4.74 Å². The van der Waals surface area contributed by atoms with E-state index in [1.807, 2.05) is 6.92 Å². The third-order valence-corrected chi connectivity index (χ3v) is 3.33. The molecule has 1 saturated heterocycles. The Kier molecular flexibility index (Phi) is 6.36. The summed E-state index contributed by atoms with van der Waals surface area (Å²) < 4.78 is 5.49. The molecule has 0 spiro atoms. The number of carbonyl (C=O) groups excluding carboxylic acids is 2. The Balaban J connectivity index is 2.41. The highest BCUT2D eigenvalue weighted by Gasteiger charge is 2.27. The van der Waals surface area contributed by atoms with Crippen LogP contribution >= 0.6 is 11.8 Å². The van der Waals surface area contributed by atoms with Gasteiger partial charge in [0.05, 0.1) is 11.8 Å². The van der Waals surface area contributed by atoms with Gasteiger partial charge in [-0.05, 0) is 18.6 Å². The average Bonchev–Trinajstić information content (AvgIpc) is 2.28. The highest BCUT2D eigenvalue weighted by atomic mass is 32.2. The van der Waals surface area contributed by atoms with Crippen molar-refractivity contribution in [3.05, 3.63) is 0 Å². The summed E-state index contributed by atoms with van der Waals surface area (Å²) in [5.74, 6) is 1.21. The maximum Gasteiger partial charge on any atom is 0.232 e. The largest absolute Gasteiger partial charge is 0.356 e. The first-order valence-corrected chi connectivity index (χ1v) is 7.04. The van der Waals surface area contributed by atoms with Crippen LogP contribution in [0, 0.1) is 0 Å². The summed E-state index contributed by atoms with van der Waals surface area (Å²) >= 11 is 1.56. The van der Waals surface area contributed by atoms with E-state index in [1.165, 1.54) is 6.92 Å². The van der Waals surface area contributed by atoms with Crippen LogP contribution in [0.3, 0.4) is 0 Å². The molecule has 1 aliphatic heterocycles. The van der Waals surface area contributed by atoms with Crippen LogP contribution in [-0.4, -0.2) is 42.2 Å². The van der Waals surface area contributed by atoms with Crippen LogP contribution < -0.4 is 10.6 Å². The quantitative estimate of drug-likeness (QED) is 0.755. The second kappa shape index (κ2) is 7.55. The van der Waals surface area contributed by atoms with Crippen LogP contribution in [0.1, 0.15) is 26.7 Å². The van der Waals surface area contributed by atoms with E-state index in [2.05, 4.69) is 10.6 Å². The first kappa shape index (κ1) is 14.3. The first-order chi connectivity index (χ1) is 8.13. The topological polar surface area (TPSA) is 67.4 Å². The maximum absolute atomic E-state index is 11.6. The van der Waals surface area contributed by atoms with Crippen molar-refractivity contribution in [2.24, 2.45) is 0 Å². The second-order valence-corrected chi connectivity index (χ2v) is 5.22. The molecule has 0 aromatic rings. The van der Waals surface area contributed by atoms with Crippen molar-refractivity contribution in [2.45, 2.75) is 39.0 Å². The van der Waals surface area contributed by atoms with Crippen LogP contribution in [0.2, 0.25) is 0 Å². The van der Waals surface area contributed by atoms with Gasteiger partial charge in [0, 0.05) is 13.5 Å². The molecule has 2 atom stereocenters. The summed E-state index contributed by atoms with van der Waals surface area (Å²) in [6.45, 7) is 4.11. The van der Waals surface area contributed by atoms with E-state index in [0.29, 0.717) is 12.4 Å². The molecule has 0 radical (unpaired) electrons. The third kappa shape index (κ3) is 5.41. The molecule has 5 nitrogen and oxygen atoms in total. The lowest BCUT2D eigenvalue weighted by Crippen LogP contribution is -2.55. The fourth-order valence-corrected chi connectivity index (χ4v) is 2.20. The minimum Gasteiger partial charge on any atom is -0.356 e. The van der Waals surface area contributed by atoms with Gasteiger partial charge in [0.2, 0.25) is 11.8 Å². The minimum atomic E-state index is -0.391. The summed E-state index contributed by atoms with van der Waals surface area (Å²) in [5, 5.41) is 5.62. The van der Waals surface area contributed by atoms with Crippen molar-refractivity contribution in [1.29, 1.82) is 0 Å². The Bertz CT molecular complexity index is 273. The van der Waals surface area contributed by atoms with Crippen LogP contribution in [0.15, 0.2) is 0 Å². The van der Waals surface area contributed by atoms with Gasteiger partial charge in [0.25, 0.3) is 0 Å². The molecule has 0 saturated carbocycles. The molecule has 0 aliphatic carbocycles. The smallest absolute Gasteiger partial charge is 0.232 e. The molecule has 2 amide bonds. The number of hydrogen-bond acceptors (Lipinski definition) is 4. The number of thioether (sulfide) groups is 1. The van der Waals surface area contributed by atoms with Gasteiger partial charge in [-0.25, -0.2) is 0 Å². The van der Waals surface area contributed by atoms with E-state index >= 15 is 0 Å². The normalized spacial score (nSPS) is 24.1. The number of amides is 2. The summed E-state index contributed by atoms with van der Waals surface area (Å²) in [6, 6.07) is -0.114. The Morgan fingerprint density at radius 2 is 2.18 bits per heavy atom. The average molecular weight is 260 g/mol. The van der Waals surface area contributed by atoms with Gasteiger partial charge >= 0.3 is 0 Å². The lowest BCUT2D eigenvalue weighted by molar-refractivity contribution is -0.129. The van der Waals surface area contributed by atoms with Gasteiger partial charge in [-0.1, -0.05) is 6.92 Å². The summed E-state index contributed by atoms with van der Waals surface area (Å²) in [5.41, 5.74) is 0. The molecule has 0 aromatic heterocycles. The molecule has 1 heterocycles. The van der Waals surface area contributed by atoms with Gasteiger partial charge in [-0.2, -0.15) is 11.8 Å². The maximum atomic E-state index is 11.6. The van der Waals surface area contributed by atoms with Crippen molar-refractivity contribution in [2.75, 3.05) is 18.1 Å². The summed E-state index contributed by atoms with van der Waals surface area (Å²) in [7, 11) is 0. The van der Waals surface area contributed by atoms with Gasteiger partial charge in [-0.15, -0.1) is 0 Å². The fraction of sp³-hybridized carbons (Fsp3) is 0.818. The molecule has 2 N–H and O–H groups in total. The molecule has 17 heavy (non-hydrogen) atoms. The zero-order chi connectivity index (χ0) is 12.7. The molecule has 2 unspecified atom stereocenters. The van der Waals surface area contributed by atoms with E-state index in [9.17, 15) is 9.59 Å². The van der Waals surface area contributed by atoms with Gasteiger partial charge < -0.3 is 15.4 Å². The molecule has 6 heteroatoms. The van der Waals surface area contributed by atoms with Crippen LogP contribution in [0.5, 0.6) is 0 Å². The first-order valence-electron chi connectivity index (χ1n) is 5.89. The van der Waals surface area contributed by atoms with Crippen LogP contribution in [0.4, 0.5) is 0 Å². The zero-order valence-corrected chi connectivity index (χ0v) is 11.1. The number of ether oxygens (including phenoxy) is 1. The predicted octanol–water partition coefficient (Wildman–Crippen LogP) is 0.497. The van der Waals surface area contributed by atoms with Crippen molar-refractivity contribution in [1.82, 2.24) is 10.6 Å². The van der Waals surface area contributed by atoms with Gasteiger partial charge in [0.1, 0.15) is 6.23 Å². The lowest BCUT2D eigenvalue weighted by atomic mass is 10.1. The lowest BCUT2D eigenvalue weighted by Gasteiger charge is -2.32. The molecular weight excluding hydrogens is 240 g/mol. The number of hydrogen-bond donors (Lipinski definition) is 2. The van der Waals surface area contributed by atoms with E-state index < -0.39 is 6.23 Å². The Morgan fingerprint density at radius 1 is 1.41 bits per heavy atom. The standard InChI is InChI=1S/C11H20N2O3S/c1-3-17-7-10(15)13-11-9(12-8(2)14)5-4-6-16-11/h9,11H,3-7H2,1-2H3,(H,12,14)(H,13,15). The Labute approximate surface area is 106 Å². The van der Waals surface area contributed by atoms with Crippen LogP contribution in [-0.2, 0) is 14.3 Å². The van der Waals surface area contributed by atoms with Crippen molar-refractivity contribution in [3.8, 4) is 0 Å². The minimum absolute atomic E-state index is 0.0425. The molecule has 1 rings (SSSR count). The zero-order valence-electron chi connectivity index (χ0n) is 10.3. The number of rotatable bonds is 5. The van der Waals surface area contributed by atoms with Crippen LogP contribution in [0.25, 0.3) is 0 Å². The number of carbonyl (C=O) groups is 2. The molecule has 0 bridgehead atoms. The summed E-state index contributed by atoms with van der Waals surface area (Å²) in [6.07, 6.45) is 1.35. The summed E-state index contributed by atoms with van der Waals surface area (Å²) in [4.78, 5) is 22.6. The van der Waals surface area contributed by atoms with Gasteiger partial charge in [0.15, 0.2) is 0 Å². The van der Waals surface area contributed by atoms with Gasteiger partial charge in [-0.3, -0.25) is 9.59 Å². The fourth-order valence-electron chi connectivity index (χ4n) is 1.73. The third-order valence-electron chi connectivity index (χ3n) is 2.45. The SMILES string of the molecule is CCSCC(=O)NC1OCCCC1NC(C)=O. The molecule has 0 aromatic carbocycles. The molecule has 98 valence electrons. The van der Waals surface area contributed by atoms with Crippen molar-refractivity contribution >= 4 is 23.6 Å². The van der Waals surface area contributed by atoms with Crippen molar-refractivity contribution < 1.29 is 14.3 Å². The molecule has 1 fully saturated rings. The highest BCUT2D eigenvalue weighted by molar-refractivity contribution is 7.99. The monoisotopic (exact) mass is 260 g/mol. The van der Waals surface area contributed by atoms with E-state index in [0.717, 1.165) is 18.6 Å². The number of nitrogens with one attached hydrogen (secondary N) is 2. The van der Waals surface area contributed by atoms with E-state index in [1.54, 1.807) is 11.8 Å².